The molecule has 8 heteroatoms. The zero-order chi connectivity index (χ0) is 21.8. The van der Waals surface area contributed by atoms with Crippen molar-refractivity contribution in [1.29, 1.82) is 0 Å². The van der Waals surface area contributed by atoms with Crippen molar-refractivity contribution in [1.82, 2.24) is 14.2 Å². The molecule has 1 aromatic carbocycles. The maximum absolute atomic E-state index is 13.0. The molecule has 0 saturated carbocycles. The summed E-state index contributed by atoms with van der Waals surface area (Å²) in [6.45, 7) is 4.91. The zero-order valence-electron chi connectivity index (χ0n) is 17.9. The highest BCUT2D eigenvalue weighted by molar-refractivity contribution is 7.89. The molecule has 3 heterocycles. The fraction of sp³-hybridized carbons (Fsp3) is 0.478. The van der Waals surface area contributed by atoms with Gasteiger partial charge in [0, 0.05) is 49.4 Å². The molecular weight excluding hydrogens is 414 g/mol. The lowest BCUT2D eigenvalue weighted by Gasteiger charge is -2.32. The number of aromatic nitrogens is 1. The molecule has 0 N–H and O–H groups in total. The number of pyridine rings is 1. The van der Waals surface area contributed by atoms with Gasteiger partial charge in [0.2, 0.25) is 15.9 Å². The molecule has 1 unspecified atom stereocenters. The van der Waals surface area contributed by atoms with Gasteiger partial charge in [-0.3, -0.25) is 4.79 Å². The number of rotatable bonds is 6. The first-order valence-corrected chi connectivity index (χ1v) is 12.3. The summed E-state index contributed by atoms with van der Waals surface area (Å²) in [7, 11) is -3.47. The van der Waals surface area contributed by atoms with E-state index in [-0.39, 0.29) is 16.7 Å². The van der Waals surface area contributed by atoms with Crippen molar-refractivity contribution >= 4 is 15.9 Å². The quantitative estimate of drug-likeness (QED) is 0.685. The first-order chi connectivity index (χ1) is 14.9. The molecule has 0 spiro atoms. The Kier molecular flexibility index (Phi) is 6.57. The number of ether oxygens (including phenoxy) is 1. The lowest BCUT2D eigenvalue weighted by molar-refractivity contribution is 0.0631. The predicted molar refractivity (Wildman–Crippen MR) is 118 cm³/mol. The number of piperidine rings is 1. The number of aryl methyl sites for hydroxylation is 1. The molecule has 31 heavy (non-hydrogen) atoms. The van der Waals surface area contributed by atoms with E-state index in [0.717, 1.165) is 31.4 Å². The van der Waals surface area contributed by atoms with Gasteiger partial charge in [0.05, 0.1) is 11.5 Å². The van der Waals surface area contributed by atoms with Crippen LogP contribution in [0.25, 0.3) is 0 Å². The summed E-state index contributed by atoms with van der Waals surface area (Å²) in [6.07, 6.45) is 3.72. The number of carbonyl (C=O) groups is 1. The standard InChI is InChI=1S/C23H29N3O4S/c1-18-6-4-8-22(24-18)30-17-19-7-5-13-25(16-19)23(27)20-9-11-21(12-10-20)31(28,29)26-14-2-3-15-26/h4,6,8-12,19H,2-3,5,7,13-17H2,1H3. The van der Waals surface area contributed by atoms with E-state index in [2.05, 4.69) is 4.98 Å². The Balaban J connectivity index is 1.37. The van der Waals surface area contributed by atoms with E-state index in [1.807, 2.05) is 30.0 Å². The molecule has 4 rings (SSSR count). The average molecular weight is 444 g/mol. The molecule has 1 amide bonds. The van der Waals surface area contributed by atoms with Crippen LogP contribution in [0.3, 0.4) is 0 Å². The van der Waals surface area contributed by atoms with Crippen LogP contribution in [0, 0.1) is 12.8 Å². The Morgan fingerprint density at radius 1 is 1.06 bits per heavy atom. The lowest BCUT2D eigenvalue weighted by atomic mass is 9.98. The molecule has 1 atom stereocenters. The highest BCUT2D eigenvalue weighted by Gasteiger charge is 2.28. The van der Waals surface area contributed by atoms with E-state index in [9.17, 15) is 13.2 Å². The number of nitrogens with zero attached hydrogens (tertiary/aromatic N) is 3. The van der Waals surface area contributed by atoms with Gasteiger partial charge in [-0.05, 0) is 62.9 Å². The fourth-order valence-corrected chi connectivity index (χ4v) is 5.73. The summed E-state index contributed by atoms with van der Waals surface area (Å²) < 4.78 is 32.7. The number of benzene rings is 1. The molecule has 2 aliphatic heterocycles. The van der Waals surface area contributed by atoms with Crippen molar-refractivity contribution in [3.05, 3.63) is 53.7 Å². The van der Waals surface area contributed by atoms with E-state index in [1.54, 1.807) is 24.3 Å². The smallest absolute Gasteiger partial charge is 0.253 e. The minimum absolute atomic E-state index is 0.0662. The number of likely N-dealkylation sites (tertiary alicyclic amines) is 1. The van der Waals surface area contributed by atoms with E-state index in [0.29, 0.717) is 44.2 Å². The molecule has 166 valence electrons. The number of amides is 1. The van der Waals surface area contributed by atoms with Gasteiger partial charge in [0.1, 0.15) is 0 Å². The van der Waals surface area contributed by atoms with Gasteiger partial charge >= 0.3 is 0 Å². The Labute approximate surface area is 184 Å². The molecule has 2 aromatic rings. The molecule has 7 nitrogen and oxygen atoms in total. The molecule has 2 fully saturated rings. The monoisotopic (exact) mass is 443 g/mol. The van der Waals surface area contributed by atoms with Crippen LogP contribution < -0.4 is 4.74 Å². The van der Waals surface area contributed by atoms with Crippen LogP contribution in [0.2, 0.25) is 0 Å². The van der Waals surface area contributed by atoms with Crippen molar-refractivity contribution in [3.63, 3.8) is 0 Å². The second kappa shape index (κ2) is 9.36. The van der Waals surface area contributed by atoms with Crippen LogP contribution in [-0.2, 0) is 10.0 Å². The van der Waals surface area contributed by atoms with E-state index < -0.39 is 10.0 Å². The summed E-state index contributed by atoms with van der Waals surface area (Å²) in [5.41, 5.74) is 1.43. The third-order valence-electron chi connectivity index (χ3n) is 5.94. The van der Waals surface area contributed by atoms with Gasteiger partial charge in [-0.1, -0.05) is 6.07 Å². The minimum atomic E-state index is -3.47. The first kappa shape index (κ1) is 21.8. The van der Waals surface area contributed by atoms with Crippen LogP contribution in [0.4, 0.5) is 0 Å². The third-order valence-corrected chi connectivity index (χ3v) is 7.85. The summed E-state index contributed by atoms with van der Waals surface area (Å²) in [4.78, 5) is 19.4. The molecule has 0 bridgehead atoms. The SMILES string of the molecule is Cc1cccc(OCC2CCCN(C(=O)c3ccc(S(=O)(=O)N4CCCC4)cc3)C2)n1. The fourth-order valence-electron chi connectivity index (χ4n) is 4.22. The van der Waals surface area contributed by atoms with Crippen molar-refractivity contribution in [2.75, 3.05) is 32.8 Å². The minimum Gasteiger partial charge on any atom is -0.477 e. The molecular formula is C23H29N3O4S. The van der Waals surface area contributed by atoms with Gasteiger partial charge in [0.15, 0.2) is 0 Å². The molecule has 1 aromatic heterocycles. The van der Waals surface area contributed by atoms with Gasteiger partial charge in [-0.2, -0.15) is 4.31 Å². The second-order valence-electron chi connectivity index (χ2n) is 8.32. The normalized spacial score (nSPS) is 20.0. The summed E-state index contributed by atoms with van der Waals surface area (Å²) in [5.74, 6) is 0.789. The Morgan fingerprint density at radius 3 is 2.52 bits per heavy atom. The van der Waals surface area contributed by atoms with Gasteiger partial charge in [0.25, 0.3) is 5.91 Å². The van der Waals surface area contributed by atoms with Gasteiger partial charge < -0.3 is 9.64 Å². The predicted octanol–water partition coefficient (Wildman–Crippen LogP) is 3.11. The van der Waals surface area contributed by atoms with Crippen molar-refractivity contribution in [2.24, 2.45) is 5.92 Å². The first-order valence-electron chi connectivity index (χ1n) is 10.9. The number of hydrogen-bond acceptors (Lipinski definition) is 5. The number of hydrogen-bond donors (Lipinski definition) is 0. The Morgan fingerprint density at radius 2 is 1.81 bits per heavy atom. The highest BCUT2D eigenvalue weighted by atomic mass is 32.2. The topological polar surface area (TPSA) is 79.8 Å². The zero-order valence-corrected chi connectivity index (χ0v) is 18.7. The lowest BCUT2D eigenvalue weighted by Crippen LogP contribution is -2.41. The van der Waals surface area contributed by atoms with Crippen LogP contribution >= 0.6 is 0 Å². The maximum atomic E-state index is 13.0. The largest absolute Gasteiger partial charge is 0.477 e. The van der Waals surface area contributed by atoms with Crippen molar-refractivity contribution in [3.8, 4) is 5.88 Å². The van der Waals surface area contributed by atoms with E-state index in [1.165, 1.54) is 4.31 Å². The van der Waals surface area contributed by atoms with Crippen LogP contribution in [0.15, 0.2) is 47.4 Å². The molecule has 2 aliphatic rings. The average Bonchev–Trinajstić information content (AvgIpc) is 3.34. The van der Waals surface area contributed by atoms with Crippen LogP contribution in [0.5, 0.6) is 5.88 Å². The number of sulfonamides is 1. The molecule has 2 saturated heterocycles. The van der Waals surface area contributed by atoms with Crippen LogP contribution in [0.1, 0.15) is 41.7 Å². The summed E-state index contributed by atoms with van der Waals surface area (Å²) >= 11 is 0. The van der Waals surface area contributed by atoms with Crippen LogP contribution in [-0.4, -0.2) is 61.3 Å². The summed E-state index contributed by atoms with van der Waals surface area (Å²) in [5, 5.41) is 0. The second-order valence-corrected chi connectivity index (χ2v) is 10.3. The third kappa shape index (κ3) is 5.07. The Bertz CT molecular complexity index is 1020. The van der Waals surface area contributed by atoms with Gasteiger partial charge in [-0.15, -0.1) is 0 Å². The van der Waals surface area contributed by atoms with Crippen molar-refractivity contribution in [2.45, 2.75) is 37.5 Å². The molecule has 0 radical (unpaired) electrons. The number of carbonyl (C=O) groups excluding carboxylic acids is 1. The highest BCUT2D eigenvalue weighted by Crippen LogP contribution is 2.23. The van der Waals surface area contributed by atoms with E-state index >= 15 is 0 Å². The Hall–Kier alpha value is -2.45. The van der Waals surface area contributed by atoms with Gasteiger partial charge in [-0.25, -0.2) is 13.4 Å². The summed E-state index contributed by atoms with van der Waals surface area (Å²) in [6, 6.07) is 12.0. The molecule has 0 aliphatic carbocycles. The van der Waals surface area contributed by atoms with Crippen molar-refractivity contribution < 1.29 is 17.9 Å². The van der Waals surface area contributed by atoms with E-state index in [4.69, 9.17) is 4.74 Å². The maximum Gasteiger partial charge on any atom is 0.253 e.